The van der Waals surface area contributed by atoms with Gasteiger partial charge in [-0.05, 0) is 22.6 Å². The van der Waals surface area contributed by atoms with Gasteiger partial charge in [0.25, 0.3) is 0 Å². The lowest BCUT2D eigenvalue weighted by Gasteiger charge is -2.04. The van der Waals surface area contributed by atoms with Crippen LogP contribution in [0.4, 0.5) is 5.82 Å². The van der Waals surface area contributed by atoms with Gasteiger partial charge in [-0.1, -0.05) is 17.3 Å². The molecule has 3 rings (SSSR count). The summed E-state index contributed by atoms with van der Waals surface area (Å²) in [5.41, 5.74) is 6.63. The van der Waals surface area contributed by atoms with E-state index < -0.39 is 4.92 Å². The number of hydrogen-bond donors (Lipinski definition) is 1. The van der Waals surface area contributed by atoms with Gasteiger partial charge < -0.3 is 20.6 Å². The van der Waals surface area contributed by atoms with E-state index in [9.17, 15) is 14.9 Å². The number of aromatic nitrogens is 5. The second-order valence-corrected chi connectivity index (χ2v) is 6.15. The lowest BCUT2D eigenvalue weighted by Crippen LogP contribution is -2.13. The quantitative estimate of drug-likeness (QED) is 0.423. The lowest BCUT2D eigenvalue weighted by molar-refractivity contribution is -0.391. The Balaban J connectivity index is 1.51. The maximum atomic E-state index is 10.9. The first kappa shape index (κ1) is 19.0. The van der Waals surface area contributed by atoms with Gasteiger partial charge in [0.2, 0.25) is 5.91 Å². The van der Waals surface area contributed by atoms with E-state index in [1.54, 1.807) is 42.2 Å². The van der Waals surface area contributed by atoms with Crippen molar-refractivity contribution in [1.82, 2.24) is 24.5 Å². The fourth-order valence-electron chi connectivity index (χ4n) is 2.63. The molecule has 0 bridgehead atoms. The van der Waals surface area contributed by atoms with E-state index in [4.69, 9.17) is 10.5 Å². The molecule has 11 nitrogen and oxygen atoms in total. The van der Waals surface area contributed by atoms with Crippen LogP contribution < -0.4 is 10.5 Å². The zero-order valence-electron chi connectivity index (χ0n) is 15.2. The smallest absolute Gasteiger partial charge is 0.342 e. The van der Waals surface area contributed by atoms with E-state index in [2.05, 4.69) is 15.3 Å². The zero-order valence-corrected chi connectivity index (χ0v) is 15.2. The average molecular weight is 385 g/mol. The Bertz CT molecular complexity index is 978. The molecule has 0 aliphatic heterocycles. The zero-order chi connectivity index (χ0) is 20.1. The SMILES string of the molecule is Cn1c([N+](=O)[O-])cnc1CCn1cc(COc2ccc(CC(N)=O)cc2)nn1. The third kappa shape index (κ3) is 4.69. The van der Waals surface area contributed by atoms with Gasteiger partial charge in [-0.3, -0.25) is 9.48 Å². The van der Waals surface area contributed by atoms with Crippen LogP contribution in [0, 0.1) is 10.1 Å². The molecule has 146 valence electrons. The van der Waals surface area contributed by atoms with Crippen LogP contribution >= 0.6 is 0 Å². The third-order valence-corrected chi connectivity index (χ3v) is 4.09. The number of nitrogens with two attached hydrogens (primary N) is 1. The van der Waals surface area contributed by atoms with E-state index in [1.165, 1.54) is 10.8 Å². The molecule has 0 aliphatic carbocycles. The number of hydrogen-bond acceptors (Lipinski definition) is 7. The summed E-state index contributed by atoms with van der Waals surface area (Å²) in [4.78, 5) is 25.3. The molecule has 0 saturated heterocycles. The molecule has 2 heterocycles. The summed E-state index contributed by atoms with van der Waals surface area (Å²) in [5, 5.41) is 18.9. The summed E-state index contributed by atoms with van der Waals surface area (Å²) in [6.07, 6.45) is 3.66. The highest BCUT2D eigenvalue weighted by molar-refractivity contribution is 5.76. The van der Waals surface area contributed by atoms with E-state index in [-0.39, 0.29) is 24.8 Å². The summed E-state index contributed by atoms with van der Waals surface area (Å²) in [6, 6.07) is 7.08. The minimum Gasteiger partial charge on any atom is -0.487 e. The summed E-state index contributed by atoms with van der Waals surface area (Å²) in [7, 11) is 1.61. The molecule has 2 N–H and O–H groups in total. The van der Waals surface area contributed by atoms with Crippen LogP contribution in [0.25, 0.3) is 0 Å². The second-order valence-electron chi connectivity index (χ2n) is 6.15. The minimum absolute atomic E-state index is 0.0514. The molecule has 0 spiro atoms. The van der Waals surface area contributed by atoms with Crippen molar-refractivity contribution < 1.29 is 14.5 Å². The molecule has 1 aromatic carbocycles. The number of imidazole rings is 1. The number of aryl methyl sites for hydroxylation is 2. The van der Waals surface area contributed by atoms with Crippen molar-refractivity contribution in [2.24, 2.45) is 12.8 Å². The second kappa shape index (κ2) is 8.29. The predicted molar refractivity (Wildman–Crippen MR) is 97.3 cm³/mol. The van der Waals surface area contributed by atoms with Crippen molar-refractivity contribution in [2.45, 2.75) is 26.0 Å². The van der Waals surface area contributed by atoms with Crippen molar-refractivity contribution >= 4 is 11.7 Å². The maximum absolute atomic E-state index is 10.9. The van der Waals surface area contributed by atoms with E-state index >= 15 is 0 Å². The number of ether oxygens (including phenoxy) is 1. The minimum atomic E-state index is -0.470. The molecule has 11 heteroatoms. The molecule has 28 heavy (non-hydrogen) atoms. The maximum Gasteiger partial charge on any atom is 0.342 e. The normalized spacial score (nSPS) is 10.8. The molecule has 0 unspecified atom stereocenters. The third-order valence-electron chi connectivity index (χ3n) is 4.09. The Morgan fingerprint density at radius 2 is 2.07 bits per heavy atom. The summed E-state index contributed by atoms with van der Waals surface area (Å²) in [6.45, 7) is 0.722. The molecule has 2 aromatic heterocycles. The van der Waals surface area contributed by atoms with Crippen LogP contribution in [0.1, 0.15) is 17.1 Å². The number of carbonyl (C=O) groups is 1. The molecular weight excluding hydrogens is 366 g/mol. The van der Waals surface area contributed by atoms with Crippen molar-refractivity contribution in [3.63, 3.8) is 0 Å². The molecule has 0 fully saturated rings. The highest BCUT2D eigenvalue weighted by Gasteiger charge is 2.16. The summed E-state index contributed by atoms with van der Waals surface area (Å²) < 4.78 is 8.73. The lowest BCUT2D eigenvalue weighted by atomic mass is 10.1. The molecule has 3 aromatic rings. The monoisotopic (exact) mass is 385 g/mol. The largest absolute Gasteiger partial charge is 0.487 e. The summed E-state index contributed by atoms with van der Waals surface area (Å²) in [5.74, 6) is 0.800. The Hall–Kier alpha value is -3.76. The van der Waals surface area contributed by atoms with E-state index in [0.29, 0.717) is 30.2 Å². The Labute approximate surface area is 159 Å². The molecule has 1 amide bonds. The van der Waals surface area contributed by atoms with Gasteiger partial charge in [0, 0.05) is 6.42 Å². The fraction of sp³-hybridized carbons (Fsp3) is 0.294. The van der Waals surface area contributed by atoms with E-state index in [1.807, 2.05) is 0 Å². The van der Waals surface area contributed by atoms with Crippen LogP contribution in [-0.2, 0) is 37.8 Å². The molecule has 0 aliphatic rings. The Morgan fingerprint density at radius 1 is 1.32 bits per heavy atom. The number of rotatable bonds is 9. The number of carbonyl (C=O) groups excluding carboxylic acids is 1. The van der Waals surface area contributed by atoms with Crippen molar-refractivity contribution in [1.29, 1.82) is 0 Å². The number of primary amides is 1. The van der Waals surface area contributed by atoms with Gasteiger partial charge in [-0.25, -0.2) is 9.55 Å². The standard InChI is InChI=1S/C17H19N7O4/c1-22-16(19-9-17(22)24(26)27)6-7-23-10-13(20-21-23)11-28-14-4-2-12(3-5-14)8-15(18)25/h2-5,9-10H,6-8,11H2,1H3,(H2,18,25). The van der Waals surface area contributed by atoms with Gasteiger partial charge in [-0.15, -0.1) is 5.10 Å². The highest BCUT2D eigenvalue weighted by Crippen LogP contribution is 2.15. The first-order chi connectivity index (χ1) is 13.4. The van der Waals surface area contributed by atoms with Crippen molar-refractivity contribution in [2.75, 3.05) is 0 Å². The Morgan fingerprint density at radius 3 is 2.71 bits per heavy atom. The van der Waals surface area contributed by atoms with Crippen LogP contribution in [0.2, 0.25) is 0 Å². The van der Waals surface area contributed by atoms with Crippen molar-refractivity contribution in [3.8, 4) is 5.75 Å². The van der Waals surface area contributed by atoms with Gasteiger partial charge in [0.05, 0.1) is 26.2 Å². The number of nitro groups is 1. The van der Waals surface area contributed by atoms with Crippen molar-refractivity contribution in [3.05, 3.63) is 63.9 Å². The first-order valence-corrected chi connectivity index (χ1v) is 8.46. The van der Waals surface area contributed by atoms with Crippen LogP contribution in [-0.4, -0.2) is 35.4 Å². The molecule has 0 atom stereocenters. The van der Waals surface area contributed by atoms with Crippen LogP contribution in [0.15, 0.2) is 36.7 Å². The van der Waals surface area contributed by atoms with Gasteiger partial charge >= 0.3 is 5.82 Å². The van der Waals surface area contributed by atoms with Gasteiger partial charge in [0.1, 0.15) is 24.2 Å². The first-order valence-electron chi connectivity index (χ1n) is 8.46. The number of nitrogens with zero attached hydrogens (tertiary/aromatic N) is 6. The van der Waals surface area contributed by atoms with Crippen LogP contribution in [0.5, 0.6) is 5.75 Å². The van der Waals surface area contributed by atoms with Gasteiger partial charge in [0.15, 0.2) is 5.82 Å². The van der Waals surface area contributed by atoms with Crippen LogP contribution in [0.3, 0.4) is 0 Å². The number of benzene rings is 1. The molecule has 0 radical (unpaired) electrons. The summed E-state index contributed by atoms with van der Waals surface area (Å²) >= 11 is 0. The van der Waals surface area contributed by atoms with E-state index in [0.717, 1.165) is 5.56 Å². The fourth-order valence-corrected chi connectivity index (χ4v) is 2.63. The molecular formula is C17H19N7O4. The topological polar surface area (TPSA) is 144 Å². The number of amides is 1. The molecule has 0 saturated carbocycles. The predicted octanol–water partition coefficient (Wildman–Crippen LogP) is 0.769. The highest BCUT2D eigenvalue weighted by atomic mass is 16.6. The Kier molecular flexibility index (Phi) is 5.63. The van der Waals surface area contributed by atoms with Gasteiger partial charge in [-0.2, -0.15) is 0 Å². The average Bonchev–Trinajstić information content (AvgIpc) is 3.25.